The quantitative estimate of drug-likeness (QED) is 0.691. The van der Waals surface area contributed by atoms with E-state index in [0.29, 0.717) is 6.54 Å². The average molecular weight is 422 g/mol. The van der Waals surface area contributed by atoms with Crippen LogP contribution in [0.4, 0.5) is 0 Å². The van der Waals surface area contributed by atoms with E-state index in [9.17, 15) is 0 Å². The summed E-state index contributed by atoms with van der Waals surface area (Å²) in [5, 5.41) is 2.01. The van der Waals surface area contributed by atoms with Gasteiger partial charge in [0.2, 0.25) is 5.96 Å². The van der Waals surface area contributed by atoms with E-state index in [-0.39, 0.29) is 0 Å². The topological polar surface area (TPSA) is 43.7 Å². The number of hydrogen-bond acceptors (Lipinski definition) is 6. The molecule has 1 aromatic rings. The third-order valence-corrected chi connectivity index (χ3v) is 6.34. The van der Waals surface area contributed by atoms with E-state index in [1.165, 1.54) is 32.4 Å². The number of hydrogen-bond donors (Lipinski definition) is 0. The number of methoxy groups -OCH3 is 1. The molecule has 31 heavy (non-hydrogen) atoms. The van der Waals surface area contributed by atoms with E-state index >= 15 is 0 Å². The summed E-state index contributed by atoms with van der Waals surface area (Å²) in [5.41, 5.74) is 0.911. The molecule has 0 N–H and O–H groups in total. The van der Waals surface area contributed by atoms with Crippen LogP contribution in [0.25, 0.3) is 6.08 Å². The van der Waals surface area contributed by atoms with E-state index in [4.69, 9.17) is 14.7 Å². The molecule has 6 heteroatoms. The first-order valence-corrected chi connectivity index (χ1v) is 11.7. The highest BCUT2D eigenvalue weighted by Crippen LogP contribution is 2.13. The molecule has 0 amide bonds. The summed E-state index contributed by atoms with van der Waals surface area (Å²) in [6, 6.07) is 4.13. The summed E-state index contributed by atoms with van der Waals surface area (Å²) >= 11 is 0. The van der Waals surface area contributed by atoms with Crippen molar-refractivity contribution >= 4 is 12.0 Å². The van der Waals surface area contributed by atoms with Crippen molar-refractivity contribution in [1.82, 2.24) is 14.7 Å². The predicted molar refractivity (Wildman–Crippen MR) is 126 cm³/mol. The molecule has 0 bridgehead atoms. The molecule has 0 spiro atoms. The zero-order valence-electron chi connectivity index (χ0n) is 19.1. The Labute approximate surface area is 186 Å². The molecule has 3 heterocycles. The zero-order chi connectivity index (χ0) is 21.5. The van der Waals surface area contributed by atoms with E-state index in [1.807, 2.05) is 0 Å². The first-order chi connectivity index (χ1) is 15.2. The third kappa shape index (κ3) is 5.87. The molecule has 2 saturated heterocycles. The summed E-state index contributed by atoms with van der Waals surface area (Å²) in [5.74, 6) is 8.37. The van der Waals surface area contributed by atoms with E-state index in [2.05, 4.69) is 51.8 Å². The third-order valence-electron chi connectivity index (χ3n) is 6.34. The maximum atomic E-state index is 5.64. The van der Waals surface area contributed by atoms with Gasteiger partial charge in [-0.05, 0) is 58.1 Å². The Morgan fingerprint density at radius 3 is 2.71 bits per heavy atom. The van der Waals surface area contributed by atoms with Crippen LogP contribution in [0.1, 0.15) is 37.7 Å². The van der Waals surface area contributed by atoms with Crippen molar-refractivity contribution in [3.05, 3.63) is 28.3 Å². The summed E-state index contributed by atoms with van der Waals surface area (Å²) in [6.07, 6.45) is 8.17. The number of likely N-dealkylation sites (N-methyl/N-ethyl adjacent to an activating group) is 1. The molecule has 6 nitrogen and oxygen atoms in total. The van der Waals surface area contributed by atoms with Crippen molar-refractivity contribution in [2.75, 3.05) is 66.5 Å². The fourth-order valence-corrected chi connectivity index (χ4v) is 4.45. The maximum absolute atomic E-state index is 5.64. The van der Waals surface area contributed by atoms with Crippen LogP contribution in [0, 0.1) is 11.8 Å². The molecule has 0 aliphatic carbocycles. The van der Waals surface area contributed by atoms with Crippen molar-refractivity contribution < 1.29 is 4.74 Å². The number of fused-ring (bicyclic) bond motifs is 1. The summed E-state index contributed by atoms with van der Waals surface area (Å²) < 4.78 is 5.64. The van der Waals surface area contributed by atoms with Crippen LogP contribution < -0.4 is 15.3 Å². The molecular weight excluding hydrogens is 386 g/mol. The smallest absolute Gasteiger partial charge is 0.221 e. The maximum Gasteiger partial charge on any atom is 0.221 e. The van der Waals surface area contributed by atoms with Crippen molar-refractivity contribution in [3.8, 4) is 17.6 Å². The number of rotatable bonds is 3. The molecule has 4 rings (SSSR count). The SMILES string of the molecule is COc1cc2c(cc1C#CCCN1CCCCC1)=NC(N1CCCN(C)CC1)=NCC=2. The van der Waals surface area contributed by atoms with E-state index in [1.54, 1.807) is 7.11 Å². The van der Waals surface area contributed by atoms with Gasteiger partial charge in [-0.25, -0.2) is 9.98 Å². The van der Waals surface area contributed by atoms with Crippen LogP contribution in [-0.4, -0.2) is 87.2 Å². The summed E-state index contributed by atoms with van der Waals surface area (Å²) in [6.45, 7) is 8.26. The lowest BCUT2D eigenvalue weighted by atomic mass is 10.1. The van der Waals surface area contributed by atoms with Gasteiger partial charge in [-0.15, -0.1) is 0 Å². The predicted octanol–water partition coefficient (Wildman–Crippen LogP) is 1.33. The molecular formula is C25H35N5O. The Balaban J connectivity index is 1.54. The van der Waals surface area contributed by atoms with E-state index in [0.717, 1.165) is 73.4 Å². The standard InChI is InChI=1S/C25H35N5O/c1-28-12-8-16-30(18-17-28)25-26-11-10-21-20-24(31-2)22(19-23(21)27-25)9-4-7-15-29-13-5-3-6-14-29/h10,19-20H,3,5-8,11-18H2,1-2H3. The van der Waals surface area contributed by atoms with Crippen LogP contribution in [-0.2, 0) is 0 Å². The van der Waals surface area contributed by atoms with Crippen molar-refractivity contribution in [2.45, 2.75) is 32.1 Å². The second-order valence-corrected chi connectivity index (χ2v) is 8.67. The van der Waals surface area contributed by atoms with Gasteiger partial charge in [-0.1, -0.05) is 24.3 Å². The van der Waals surface area contributed by atoms with Gasteiger partial charge in [0.1, 0.15) is 5.75 Å². The highest BCUT2D eigenvalue weighted by Gasteiger charge is 2.16. The molecule has 166 valence electrons. The van der Waals surface area contributed by atoms with Gasteiger partial charge in [0.05, 0.1) is 24.6 Å². The van der Waals surface area contributed by atoms with Gasteiger partial charge >= 0.3 is 0 Å². The molecule has 0 saturated carbocycles. The molecule has 0 unspecified atom stereocenters. The van der Waals surface area contributed by atoms with Crippen LogP contribution in [0.3, 0.4) is 0 Å². The number of benzene rings is 1. The van der Waals surface area contributed by atoms with Crippen molar-refractivity contribution in [1.29, 1.82) is 0 Å². The van der Waals surface area contributed by atoms with Crippen LogP contribution in [0.2, 0.25) is 0 Å². The highest BCUT2D eigenvalue weighted by molar-refractivity contribution is 5.82. The van der Waals surface area contributed by atoms with Crippen molar-refractivity contribution in [2.24, 2.45) is 9.98 Å². The number of nitrogens with zero attached hydrogens (tertiary/aromatic N) is 5. The van der Waals surface area contributed by atoms with Crippen molar-refractivity contribution in [3.63, 3.8) is 0 Å². The average Bonchev–Trinajstić information content (AvgIpc) is 3.14. The molecule has 2 fully saturated rings. The molecule has 3 aliphatic heterocycles. The Bertz CT molecular complexity index is 968. The minimum atomic E-state index is 0.641. The lowest BCUT2D eigenvalue weighted by Crippen LogP contribution is -2.36. The fourth-order valence-electron chi connectivity index (χ4n) is 4.45. The number of guanidine groups is 1. The minimum absolute atomic E-state index is 0.641. The molecule has 3 aliphatic rings. The number of likely N-dealkylation sites (tertiary alicyclic amines) is 1. The molecule has 0 atom stereocenters. The Kier molecular flexibility index (Phi) is 7.61. The Morgan fingerprint density at radius 1 is 1.00 bits per heavy atom. The van der Waals surface area contributed by atoms with Gasteiger partial charge in [0, 0.05) is 37.8 Å². The van der Waals surface area contributed by atoms with Crippen LogP contribution in [0.5, 0.6) is 5.75 Å². The highest BCUT2D eigenvalue weighted by atomic mass is 16.5. The number of piperidine rings is 1. The lowest BCUT2D eigenvalue weighted by molar-refractivity contribution is 0.234. The normalized spacial score (nSPS) is 20.2. The first-order valence-electron chi connectivity index (χ1n) is 11.7. The monoisotopic (exact) mass is 421 g/mol. The van der Waals surface area contributed by atoms with Gasteiger partial charge in [-0.2, -0.15) is 0 Å². The Morgan fingerprint density at radius 2 is 1.87 bits per heavy atom. The second kappa shape index (κ2) is 10.8. The lowest BCUT2D eigenvalue weighted by Gasteiger charge is -2.25. The molecule has 0 radical (unpaired) electrons. The molecule has 0 aromatic heterocycles. The Hall–Kier alpha value is -2.36. The summed E-state index contributed by atoms with van der Waals surface area (Å²) in [4.78, 5) is 16.9. The second-order valence-electron chi connectivity index (χ2n) is 8.67. The fraction of sp³-hybridized carbons (Fsp3) is 0.600. The molecule has 1 aromatic carbocycles. The number of ether oxygens (including phenoxy) is 1. The van der Waals surface area contributed by atoms with Gasteiger partial charge in [-0.3, -0.25) is 0 Å². The minimum Gasteiger partial charge on any atom is -0.495 e. The van der Waals surface area contributed by atoms with Gasteiger partial charge in [0.25, 0.3) is 0 Å². The van der Waals surface area contributed by atoms with Crippen LogP contribution >= 0.6 is 0 Å². The first kappa shape index (κ1) is 21.9. The van der Waals surface area contributed by atoms with Gasteiger partial charge in [0.15, 0.2) is 0 Å². The largest absolute Gasteiger partial charge is 0.495 e. The number of aliphatic imine (C=N–C) groups is 1. The zero-order valence-corrected chi connectivity index (χ0v) is 19.1. The summed E-state index contributed by atoms with van der Waals surface area (Å²) in [7, 11) is 3.89. The van der Waals surface area contributed by atoms with Crippen LogP contribution in [0.15, 0.2) is 22.1 Å². The van der Waals surface area contributed by atoms with Gasteiger partial charge < -0.3 is 19.4 Å². The van der Waals surface area contributed by atoms with E-state index < -0.39 is 0 Å².